The monoisotopic (exact) mass is 155 g/mol. The van der Waals surface area contributed by atoms with Gasteiger partial charge in [0, 0.05) is 52.4 Å². The van der Waals surface area contributed by atoms with Gasteiger partial charge in [0.05, 0.1) is 0 Å². The summed E-state index contributed by atoms with van der Waals surface area (Å²) in [7, 11) is 0. The van der Waals surface area contributed by atoms with Gasteiger partial charge in [-0.3, -0.25) is 9.80 Å². The maximum Gasteiger partial charge on any atom is 0.0110 e. The Morgan fingerprint density at radius 3 is 1.64 bits per heavy atom. The Bertz CT molecular complexity index is 105. The van der Waals surface area contributed by atoms with Crippen LogP contribution in [0.3, 0.4) is 0 Å². The van der Waals surface area contributed by atoms with Gasteiger partial charge in [-0.15, -0.1) is 0 Å². The van der Waals surface area contributed by atoms with Gasteiger partial charge in [-0.25, -0.2) is 0 Å². The highest BCUT2D eigenvalue weighted by Gasteiger charge is 2.17. The van der Waals surface area contributed by atoms with Gasteiger partial charge >= 0.3 is 0 Å². The Balaban J connectivity index is 1.35. The topological polar surface area (TPSA) is 18.0 Å². The van der Waals surface area contributed by atoms with Crippen molar-refractivity contribution in [2.75, 3.05) is 52.4 Å². The zero-order valence-corrected chi connectivity index (χ0v) is 7.05. The molecule has 2 aliphatic rings. The van der Waals surface area contributed by atoms with Crippen LogP contribution in [0.1, 0.15) is 0 Å². The number of hydrogen-bond acceptors (Lipinski definition) is 3. The zero-order chi connectivity index (χ0) is 7.52. The van der Waals surface area contributed by atoms with Gasteiger partial charge in [-0.05, 0) is 0 Å². The number of nitrogens with one attached hydrogen (secondary N) is 1. The van der Waals surface area contributed by atoms with Crippen LogP contribution in [0.15, 0.2) is 0 Å². The van der Waals surface area contributed by atoms with E-state index >= 15 is 0 Å². The summed E-state index contributed by atoms with van der Waals surface area (Å²) >= 11 is 0. The van der Waals surface area contributed by atoms with Crippen molar-refractivity contribution in [1.29, 1.82) is 0 Å². The van der Waals surface area contributed by atoms with Crippen LogP contribution in [-0.4, -0.2) is 62.2 Å². The third kappa shape index (κ3) is 3.18. The van der Waals surface area contributed by atoms with E-state index in [1.807, 2.05) is 0 Å². The molecule has 2 saturated heterocycles. The second kappa shape index (κ2) is 3.52. The van der Waals surface area contributed by atoms with Gasteiger partial charge in [0.15, 0.2) is 0 Å². The van der Waals surface area contributed by atoms with E-state index in [1.54, 1.807) is 0 Å². The van der Waals surface area contributed by atoms with Crippen molar-refractivity contribution in [2.24, 2.45) is 0 Å². The molecular formula is C8H17N3. The minimum absolute atomic E-state index is 1.17. The third-order valence-electron chi connectivity index (χ3n) is 2.29. The lowest BCUT2D eigenvalue weighted by Gasteiger charge is -2.04. The van der Waals surface area contributed by atoms with E-state index in [1.165, 1.54) is 52.4 Å². The summed E-state index contributed by atoms with van der Waals surface area (Å²) in [5, 5.41) is 3.44. The number of nitrogens with zero attached hydrogens (tertiary/aromatic N) is 2. The largest absolute Gasteiger partial charge is 0.314 e. The fourth-order valence-electron chi connectivity index (χ4n) is 1.19. The van der Waals surface area contributed by atoms with Crippen molar-refractivity contribution in [3.63, 3.8) is 0 Å². The molecule has 1 N–H and O–H groups in total. The lowest BCUT2D eigenvalue weighted by molar-refractivity contribution is 0.485. The van der Waals surface area contributed by atoms with E-state index in [4.69, 9.17) is 0 Å². The Morgan fingerprint density at radius 2 is 1.27 bits per heavy atom. The fourth-order valence-corrected chi connectivity index (χ4v) is 1.19. The summed E-state index contributed by atoms with van der Waals surface area (Å²) in [5.41, 5.74) is 0. The molecule has 0 aromatic carbocycles. The van der Waals surface area contributed by atoms with Crippen LogP contribution < -0.4 is 5.32 Å². The second-order valence-corrected chi connectivity index (χ2v) is 3.43. The maximum atomic E-state index is 3.44. The minimum atomic E-state index is 1.17. The smallest absolute Gasteiger partial charge is 0.0110 e. The fraction of sp³-hybridized carbons (Fsp3) is 1.00. The lowest BCUT2D eigenvalue weighted by atomic mass is 10.5. The van der Waals surface area contributed by atoms with Crippen LogP contribution in [0.2, 0.25) is 0 Å². The quantitative estimate of drug-likeness (QED) is 0.400. The summed E-state index contributed by atoms with van der Waals surface area (Å²) in [5.74, 6) is 0. The van der Waals surface area contributed by atoms with Crippen molar-refractivity contribution in [3.8, 4) is 0 Å². The van der Waals surface area contributed by atoms with Crippen LogP contribution in [0.5, 0.6) is 0 Å². The van der Waals surface area contributed by atoms with Crippen molar-refractivity contribution < 1.29 is 0 Å². The van der Waals surface area contributed by atoms with Crippen molar-refractivity contribution in [1.82, 2.24) is 15.1 Å². The summed E-state index contributed by atoms with van der Waals surface area (Å²) in [6.45, 7) is 10.2. The highest BCUT2D eigenvalue weighted by molar-refractivity contribution is 4.74. The van der Waals surface area contributed by atoms with Crippen molar-refractivity contribution >= 4 is 0 Å². The van der Waals surface area contributed by atoms with Gasteiger partial charge in [0.25, 0.3) is 0 Å². The Morgan fingerprint density at radius 1 is 0.818 bits per heavy atom. The number of hydrogen-bond donors (Lipinski definition) is 1. The molecular weight excluding hydrogens is 138 g/mol. The Labute approximate surface area is 68.4 Å². The molecule has 0 spiro atoms. The third-order valence-corrected chi connectivity index (χ3v) is 2.29. The van der Waals surface area contributed by atoms with Crippen LogP contribution in [0.25, 0.3) is 0 Å². The zero-order valence-electron chi connectivity index (χ0n) is 7.05. The first-order chi connectivity index (χ1) is 5.45. The summed E-state index contributed by atoms with van der Waals surface area (Å²) in [6.07, 6.45) is 0. The molecule has 3 nitrogen and oxygen atoms in total. The van der Waals surface area contributed by atoms with E-state index in [-0.39, 0.29) is 0 Å². The standard InChI is InChI=1S/C8H17N3/c1(3-10-5-6-10)9-2-4-11-7-8-11/h9H,1-8H2. The van der Waals surface area contributed by atoms with E-state index in [9.17, 15) is 0 Å². The van der Waals surface area contributed by atoms with E-state index < -0.39 is 0 Å². The highest BCUT2D eigenvalue weighted by atomic mass is 15.3. The normalized spacial score (nSPS) is 24.0. The molecule has 0 bridgehead atoms. The van der Waals surface area contributed by atoms with Gasteiger partial charge in [-0.2, -0.15) is 0 Å². The Hall–Kier alpha value is -0.120. The van der Waals surface area contributed by atoms with Gasteiger partial charge in [-0.1, -0.05) is 0 Å². The van der Waals surface area contributed by atoms with Gasteiger partial charge in [0.1, 0.15) is 0 Å². The SMILES string of the molecule is C(CN1CC1)NCCN1CC1. The molecule has 11 heavy (non-hydrogen) atoms. The summed E-state index contributed by atoms with van der Waals surface area (Å²) in [6, 6.07) is 0. The van der Waals surface area contributed by atoms with Crippen LogP contribution in [0, 0.1) is 0 Å². The van der Waals surface area contributed by atoms with E-state index in [2.05, 4.69) is 15.1 Å². The molecule has 0 aromatic rings. The molecule has 0 saturated carbocycles. The van der Waals surface area contributed by atoms with Crippen LogP contribution in [-0.2, 0) is 0 Å². The molecule has 0 radical (unpaired) electrons. The molecule has 2 aliphatic heterocycles. The molecule has 64 valence electrons. The lowest BCUT2D eigenvalue weighted by Crippen LogP contribution is -2.26. The molecule has 0 aromatic heterocycles. The molecule has 0 aliphatic carbocycles. The first kappa shape index (κ1) is 7.53. The van der Waals surface area contributed by atoms with Gasteiger partial charge < -0.3 is 5.32 Å². The predicted octanol–water partition coefficient (Wildman–Crippen LogP) is -0.793. The molecule has 3 heteroatoms. The summed E-state index contributed by atoms with van der Waals surface area (Å²) < 4.78 is 0. The minimum Gasteiger partial charge on any atom is -0.314 e. The first-order valence-corrected chi connectivity index (χ1v) is 4.60. The molecule has 0 amide bonds. The van der Waals surface area contributed by atoms with E-state index in [0.717, 1.165) is 0 Å². The first-order valence-electron chi connectivity index (χ1n) is 4.60. The Kier molecular flexibility index (Phi) is 2.41. The molecule has 0 unspecified atom stereocenters. The van der Waals surface area contributed by atoms with E-state index in [0.29, 0.717) is 0 Å². The molecule has 2 fully saturated rings. The van der Waals surface area contributed by atoms with Crippen LogP contribution in [0.4, 0.5) is 0 Å². The summed E-state index contributed by atoms with van der Waals surface area (Å²) in [4.78, 5) is 4.90. The van der Waals surface area contributed by atoms with Crippen molar-refractivity contribution in [2.45, 2.75) is 0 Å². The highest BCUT2D eigenvalue weighted by Crippen LogP contribution is 2.01. The van der Waals surface area contributed by atoms with Gasteiger partial charge in [0.2, 0.25) is 0 Å². The maximum absolute atomic E-state index is 3.44. The number of rotatable bonds is 6. The van der Waals surface area contributed by atoms with Crippen molar-refractivity contribution in [3.05, 3.63) is 0 Å². The second-order valence-electron chi connectivity index (χ2n) is 3.43. The molecule has 2 heterocycles. The van der Waals surface area contributed by atoms with Crippen LogP contribution >= 0.6 is 0 Å². The molecule has 2 rings (SSSR count). The molecule has 0 atom stereocenters. The average molecular weight is 155 g/mol. The predicted molar refractivity (Wildman–Crippen MR) is 45.7 cm³/mol. The average Bonchev–Trinajstić information content (AvgIpc) is 2.83.